The van der Waals surface area contributed by atoms with Crippen molar-refractivity contribution in [3.8, 4) is 0 Å². The van der Waals surface area contributed by atoms with E-state index in [0.29, 0.717) is 17.7 Å². The molecule has 0 spiro atoms. The molecule has 1 aromatic heterocycles. The van der Waals surface area contributed by atoms with Crippen molar-refractivity contribution in [3.63, 3.8) is 0 Å². The Morgan fingerprint density at radius 2 is 2.32 bits per heavy atom. The Morgan fingerprint density at radius 1 is 1.58 bits per heavy atom. The Morgan fingerprint density at radius 3 is 2.84 bits per heavy atom. The van der Waals surface area contributed by atoms with Gasteiger partial charge in [0.1, 0.15) is 5.60 Å². The van der Waals surface area contributed by atoms with Crippen LogP contribution in [0, 0.1) is 0 Å². The molecule has 1 heterocycles. The Labute approximate surface area is 113 Å². The molecule has 0 aromatic carbocycles. The van der Waals surface area contributed by atoms with Crippen LogP contribution in [0.3, 0.4) is 0 Å². The van der Waals surface area contributed by atoms with E-state index in [-0.39, 0.29) is 12.6 Å². The summed E-state index contributed by atoms with van der Waals surface area (Å²) in [5.74, 6) is -0.338. The number of allylic oxidation sites excluding steroid dienone is 2. The molecule has 0 aliphatic carbocycles. The molecular formula is C15H19NO3. The van der Waals surface area contributed by atoms with E-state index >= 15 is 0 Å². The van der Waals surface area contributed by atoms with E-state index in [9.17, 15) is 9.90 Å². The number of carbonyl (C=O) groups is 1. The van der Waals surface area contributed by atoms with Gasteiger partial charge >= 0.3 is 5.97 Å². The first kappa shape index (κ1) is 15.1. The lowest BCUT2D eigenvalue weighted by Crippen LogP contribution is -2.26. The second-order valence-electron chi connectivity index (χ2n) is 4.30. The smallest absolute Gasteiger partial charge is 0.302 e. The van der Waals surface area contributed by atoms with E-state index < -0.39 is 5.60 Å². The number of nitrogens with zero attached hydrogens (tertiary/aromatic N) is 1. The van der Waals surface area contributed by atoms with E-state index in [1.165, 1.54) is 6.92 Å². The van der Waals surface area contributed by atoms with Crippen LogP contribution >= 0.6 is 0 Å². The molecular weight excluding hydrogens is 242 g/mol. The quantitative estimate of drug-likeness (QED) is 0.631. The van der Waals surface area contributed by atoms with E-state index in [0.717, 1.165) is 0 Å². The summed E-state index contributed by atoms with van der Waals surface area (Å²) in [5.41, 5.74) is 0.0312. The molecule has 0 unspecified atom stereocenters. The van der Waals surface area contributed by atoms with Crippen LogP contribution in [0.5, 0.6) is 0 Å². The third-order valence-corrected chi connectivity index (χ3v) is 2.78. The minimum atomic E-state index is -1.21. The molecule has 4 heteroatoms. The van der Waals surface area contributed by atoms with Crippen molar-refractivity contribution >= 4 is 5.97 Å². The first-order chi connectivity index (χ1) is 8.98. The fraction of sp³-hybridized carbons (Fsp3) is 0.333. The van der Waals surface area contributed by atoms with E-state index in [1.807, 2.05) is 6.07 Å². The Bertz CT molecular complexity index is 464. The normalized spacial score (nSPS) is 14.6. The maximum Gasteiger partial charge on any atom is 0.302 e. The average molecular weight is 261 g/mol. The zero-order valence-electron chi connectivity index (χ0n) is 11.3. The average Bonchev–Trinajstić information content (AvgIpc) is 2.38. The number of carbonyl (C=O) groups excluding carboxylic acids is 1. The lowest BCUT2D eigenvalue weighted by molar-refractivity contribution is -0.140. The molecule has 0 saturated carbocycles. The first-order valence-electron chi connectivity index (χ1n) is 6.07. The van der Waals surface area contributed by atoms with E-state index in [1.54, 1.807) is 37.4 Å². The van der Waals surface area contributed by atoms with Crippen LogP contribution in [0.1, 0.15) is 26.0 Å². The summed E-state index contributed by atoms with van der Waals surface area (Å²) in [6.45, 7) is 6.88. The molecule has 0 aliphatic heterocycles. The van der Waals surface area contributed by atoms with Gasteiger partial charge in [-0.15, -0.1) is 0 Å². The highest BCUT2D eigenvalue weighted by atomic mass is 16.5. The lowest BCUT2D eigenvalue weighted by Gasteiger charge is -2.26. The molecule has 0 aliphatic rings. The van der Waals surface area contributed by atoms with Crippen molar-refractivity contribution in [1.82, 2.24) is 4.98 Å². The van der Waals surface area contributed by atoms with Gasteiger partial charge in [0.15, 0.2) is 0 Å². The van der Waals surface area contributed by atoms with E-state index in [4.69, 9.17) is 4.74 Å². The molecule has 1 aromatic rings. The summed E-state index contributed by atoms with van der Waals surface area (Å²) >= 11 is 0. The summed E-state index contributed by atoms with van der Waals surface area (Å²) in [6.07, 6.45) is 5.37. The summed E-state index contributed by atoms with van der Waals surface area (Å²) in [4.78, 5) is 14.9. The highest BCUT2D eigenvalue weighted by Gasteiger charge is 2.28. The number of rotatable bonds is 6. The van der Waals surface area contributed by atoms with Crippen molar-refractivity contribution in [1.29, 1.82) is 0 Å². The highest BCUT2D eigenvalue weighted by Crippen LogP contribution is 2.29. The number of hydrogen-bond acceptors (Lipinski definition) is 4. The van der Waals surface area contributed by atoms with Crippen molar-refractivity contribution in [2.24, 2.45) is 0 Å². The van der Waals surface area contributed by atoms with Crippen LogP contribution < -0.4 is 0 Å². The fourth-order valence-electron chi connectivity index (χ4n) is 1.75. The van der Waals surface area contributed by atoms with Crippen LogP contribution in [0.2, 0.25) is 0 Å². The third-order valence-electron chi connectivity index (χ3n) is 2.78. The summed E-state index contributed by atoms with van der Waals surface area (Å²) in [5, 5.41) is 10.6. The van der Waals surface area contributed by atoms with Gasteiger partial charge in [0.25, 0.3) is 0 Å². The zero-order chi connectivity index (χ0) is 14.3. The summed E-state index contributed by atoms with van der Waals surface area (Å²) < 4.78 is 4.90. The van der Waals surface area contributed by atoms with Crippen molar-refractivity contribution in [2.45, 2.75) is 25.9 Å². The van der Waals surface area contributed by atoms with Gasteiger partial charge in [-0.1, -0.05) is 24.8 Å². The molecule has 0 amide bonds. The van der Waals surface area contributed by atoms with Crippen LogP contribution in [0.15, 0.2) is 48.7 Å². The van der Waals surface area contributed by atoms with Gasteiger partial charge in [-0.3, -0.25) is 9.78 Å². The van der Waals surface area contributed by atoms with Crippen molar-refractivity contribution in [3.05, 3.63) is 54.4 Å². The lowest BCUT2D eigenvalue weighted by atomic mass is 9.89. The largest absolute Gasteiger partial charge is 0.466 e. The van der Waals surface area contributed by atoms with E-state index in [2.05, 4.69) is 11.6 Å². The summed E-state index contributed by atoms with van der Waals surface area (Å²) in [6, 6.07) is 5.35. The molecule has 0 fully saturated rings. The van der Waals surface area contributed by atoms with Crippen LogP contribution in [-0.4, -0.2) is 22.7 Å². The van der Waals surface area contributed by atoms with Gasteiger partial charge in [0.2, 0.25) is 0 Å². The molecule has 0 saturated heterocycles. The van der Waals surface area contributed by atoms with Crippen molar-refractivity contribution < 1.29 is 14.6 Å². The molecule has 1 rings (SSSR count). The molecule has 19 heavy (non-hydrogen) atoms. The van der Waals surface area contributed by atoms with Gasteiger partial charge in [0, 0.05) is 19.5 Å². The fourth-order valence-corrected chi connectivity index (χ4v) is 1.75. The number of aromatic nitrogens is 1. The monoisotopic (exact) mass is 261 g/mol. The molecule has 0 radical (unpaired) electrons. The van der Waals surface area contributed by atoms with Gasteiger partial charge in [-0.05, 0) is 24.6 Å². The van der Waals surface area contributed by atoms with Gasteiger partial charge in [-0.25, -0.2) is 0 Å². The van der Waals surface area contributed by atoms with Crippen LogP contribution in [0.25, 0.3) is 0 Å². The minimum Gasteiger partial charge on any atom is -0.466 e. The number of esters is 1. The number of aliphatic hydroxyl groups is 1. The number of ether oxygens (including phenoxy) is 1. The zero-order valence-corrected chi connectivity index (χ0v) is 11.3. The first-order valence-corrected chi connectivity index (χ1v) is 6.07. The second-order valence-corrected chi connectivity index (χ2v) is 4.30. The maximum absolute atomic E-state index is 10.8. The molecule has 102 valence electrons. The molecule has 1 atom stereocenters. The third kappa shape index (κ3) is 4.34. The standard InChI is InChI=1S/C15H19NO3/c1-4-7-13(9-11-19-12(2)17)15(3,18)14-8-5-6-10-16-14/h4-8,10,18H,1,9,11H2,2-3H3/b13-7+/t15-/m0/s1. The number of pyridine rings is 1. The van der Waals surface area contributed by atoms with Crippen LogP contribution in [0.4, 0.5) is 0 Å². The van der Waals surface area contributed by atoms with Gasteiger partial charge < -0.3 is 9.84 Å². The molecule has 1 N–H and O–H groups in total. The van der Waals surface area contributed by atoms with Crippen molar-refractivity contribution in [2.75, 3.05) is 6.61 Å². The summed E-state index contributed by atoms with van der Waals surface area (Å²) in [7, 11) is 0. The molecule has 4 nitrogen and oxygen atoms in total. The second kappa shape index (κ2) is 6.85. The number of hydrogen-bond donors (Lipinski definition) is 1. The predicted molar refractivity (Wildman–Crippen MR) is 73.3 cm³/mol. The predicted octanol–water partition coefficient (Wildman–Crippen LogP) is 2.35. The van der Waals surface area contributed by atoms with Gasteiger partial charge in [-0.2, -0.15) is 0 Å². The minimum absolute atomic E-state index is 0.220. The highest BCUT2D eigenvalue weighted by molar-refractivity contribution is 5.65. The molecule has 0 bridgehead atoms. The Balaban J connectivity index is 2.89. The van der Waals surface area contributed by atoms with Gasteiger partial charge in [0.05, 0.1) is 12.3 Å². The Kier molecular flexibility index (Phi) is 5.45. The van der Waals surface area contributed by atoms with Crippen LogP contribution in [-0.2, 0) is 15.1 Å². The topological polar surface area (TPSA) is 59.4 Å². The maximum atomic E-state index is 10.8. The SMILES string of the molecule is C=C/C=C(\CCOC(C)=O)[C@](C)(O)c1ccccn1. The Hall–Kier alpha value is -1.94.